The molecule has 472 valence electrons. The first kappa shape index (κ1) is 69.2. The Bertz CT molecular complexity index is 3960. The molecule has 0 amide bonds. The number of methoxy groups -OCH3 is 1. The molecular formula is C52H69N2O25S6+. The summed E-state index contributed by atoms with van der Waals surface area (Å²) in [6, 6.07) is 8.64. The number of allylic oxidation sites excluding steroid dienone is 4. The van der Waals surface area contributed by atoms with Gasteiger partial charge < -0.3 is 33.7 Å². The highest BCUT2D eigenvalue weighted by Crippen LogP contribution is 2.54. The standard InChI is InChI=1S/C52H68N2O25S6/c1-51(17-8-30-80(57,58)59)46(54(20-9-31-81(60,61)62)42-15-13-38-40(49(42)51)32-36(82(63,64)65)34-44(38)84(69,70)71)10-7-11-47-52(2,18-21-76-24-25-78-28-29-79-27-26-77-23-22-75-3)50-41-33-37(83(66,67)68)35-45(85(72,73)74)39(41)14-16-43(50)53(47)19-6-4-5-12-48(55)56/h7,10-11,13-16,32-35H,4-6,8-9,12,17-31H2,1-3H3,(H6-,55,56,57,58,59,60,61,62,63,64,65,66,67,68,69,70,71,72,73,74)/p+1. The number of carbonyl (C=O) groups is 1. The number of anilines is 1. The Hall–Kier alpha value is -4.92. The zero-order chi connectivity index (χ0) is 63.0. The average molecular weight is 1310 g/mol. The zero-order valence-corrected chi connectivity index (χ0v) is 51.4. The minimum Gasteiger partial charge on any atom is -0.481 e. The van der Waals surface area contributed by atoms with Crippen LogP contribution in [0.25, 0.3) is 21.5 Å². The van der Waals surface area contributed by atoms with E-state index < -0.39 is 109 Å². The van der Waals surface area contributed by atoms with Crippen molar-refractivity contribution in [2.24, 2.45) is 0 Å². The van der Waals surface area contributed by atoms with Crippen LogP contribution in [-0.2, 0) is 100 Å². The summed E-state index contributed by atoms with van der Waals surface area (Å²) in [5.41, 5.74) is -1.36. The summed E-state index contributed by atoms with van der Waals surface area (Å²) in [5.74, 6) is -2.64. The van der Waals surface area contributed by atoms with E-state index in [1.165, 1.54) is 30.4 Å². The summed E-state index contributed by atoms with van der Waals surface area (Å²) in [7, 11) is -28.5. The predicted molar refractivity (Wildman–Crippen MR) is 309 cm³/mol. The second-order valence-corrected chi connectivity index (χ2v) is 29.3. The van der Waals surface area contributed by atoms with Crippen LogP contribution in [0.2, 0.25) is 0 Å². The highest BCUT2D eigenvalue weighted by molar-refractivity contribution is 7.87. The number of carboxylic acid groups (broad SMARTS) is 1. The van der Waals surface area contributed by atoms with Crippen molar-refractivity contribution in [3.63, 3.8) is 0 Å². The van der Waals surface area contributed by atoms with Crippen LogP contribution in [0.15, 0.2) is 92.0 Å². The highest BCUT2D eigenvalue weighted by atomic mass is 32.2. The smallest absolute Gasteiger partial charge is 0.303 e. The first-order valence-electron chi connectivity index (χ1n) is 26.4. The second-order valence-electron chi connectivity index (χ2n) is 20.5. The van der Waals surface area contributed by atoms with Crippen molar-refractivity contribution in [3.8, 4) is 0 Å². The molecule has 0 spiro atoms. The van der Waals surface area contributed by atoms with Gasteiger partial charge in [-0.15, -0.1) is 0 Å². The second kappa shape index (κ2) is 28.1. The van der Waals surface area contributed by atoms with E-state index in [9.17, 15) is 87.7 Å². The Morgan fingerprint density at radius 1 is 0.553 bits per heavy atom. The molecule has 4 aromatic carbocycles. The van der Waals surface area contributed by atoms with Crippen LogP contribution >= 0.6 is 0 Å². The maximum atomic E-state index is 13.0. The fourth-order valence-corrected chi connectivity index (χ4v) is 14.5. The van der Waals surface area contributed by atoms with Crippen molar-refractivity contribution >= 4 is 105 Å². The van der Waals surface area contributed by atoms with Crippen LogP contribution in [-0.4, -0.2) is 190 Å². The fraction of sp³-hybridized carbons (Fsp3) is 0.500. The SMILES string of the molecule is COCCOCCOCCOCCOCCC1(C)/C(=C\C=C\C2=[N+](CCCS(=O)(=O)O)c3ccc4c(S(=O)(=O)O)cc(S(=O)(=O)O)cc4c3C2(C)CCCS(=O)(=O)O)N(CCCCCC(=O)O)c2ccc3c(S(=O)(=O)O)cc(S(=O)(=O)O)cc3c21. The molecule has 2 aliphatic heterocycles. The van der Waals surface area contributed by atoms with Crippen molar-refractivity contribution in [2.75, 3.05) is 96.1 Å². The van der Waals surface area contributed by atoms with Gasteiger partial charge in [0.15, 0.2) is 5.71 Å². The Kier molecular flexibility index (Phi) is 22.8. The van der Waals surface area contributed by atoms with Gasteiger partial charge in [0, 0.05) is 78.4 Å². The van der Waals surface area contributed by atoms with Gasteiger partial charge in [0.2, 0.25) is 5.69 Å². The van der Waals surface area contributed by atoms with Crippen LogP contribution in [0.5, 0.6) is 0 Å². The van der Waals surface area contributed by atoms with E-state index in [0.717, 1.165) is 12.1 Å². The van der Waals surface area contributed by atoms with Gasteiger partial charge in [0.05, 0.1) is 79.6 Å². The van der Waals surface area contributed by atoms with Gasteiger partial charge in [-0.3, -0.25) is 32.1 Å². The Labute approximate surface area is 493 Å². The lowest BCUT2D eigenvalue weighted by Gasteiger charge is -2.31. The van der Waals surface area contributed by atoms with Crippen LogP contribution in [0, 0.1) is 0 Å². The molecule has 2 heterocycles. The molecule has 7 N–H and O–H groups in total. The summed E-state index contributed by atoms with van der Waals surface area (Å²) < 4.78 is 242. The first-order chi connectivity index (χ1) is 39.5. The number of hydrogen-bond acceptors (Lipinski definition) is 19. The van der Waals surface area contributed by atoms with Gasteiger partial charge in [-0.05, 0) is 105 Å². The van der Waals surface area contributed by atoms with Gasteiger partial charge in [0.25, 0.3) is 60.7 Å². The number of unbranched alkanes of at least 4 members (excludes halogenated alkanes) is 2. The van der Waals surface area contributed by atoms with Crippen LogP contribution in [0.1, 0.15) is 76.3 Å². The summed E-state index contributed by atoms with van der Waals surface area (Å²) in [4.78, 5) is 9.72. The van der Waals surface area contributed by atoms with Crippen molar-refractivity contribution in [3.05, 3.63) is 83.6 Å². The normalized spacial score (nSPS) is 18.4. The molecule has 0 aliphatic carbocycles. The summed E-state index contributed by atoms with van der Waals surface area (Å²) in [6.07, 6.45) is 4.71. The lowest BCUT2D eigenvalue weighted by Crippen LogP contribution is -2.33. The first-order valence-corrected chi connectivity index (χ1v) is 35.4. The Morgan fingerprint density at radius 2 is 1.05 bits per heavy atom. The van der Waals surface area contributed by atoms with E-state index in [0.29, 0.717) is 68.3 Å². The number of aliphatic carboxylic acids is 1. The van der Waals surface area contributed by atoms with Crippen molar-refractivity contribution < 1.29 is 116 Å². The van der Waals surface area contributed by atoms with E-state index in [1.807, 2.05) is 4.90 Å². The van der Waals surface area contributed by atoms with Crippen molar-refractivity contribution in [1.29, 1.82) is 0 Å². The molecule has 2 unspecified atom stereocenters. The predicted octanol–water partition coefficient (Wildman–Crippen LogP) is 5.25. The molecule has 0 saturated carbocycles. The quantitative estimate of drug-likeness (QED) is 0.0176. The van der Waals surface area contributed by atoms with E-state index in [1.54, 1.807) is 37.7 Å². The monoisotopic (exact) mass is 1310 g/mol. The van der Waals surface area contributed by atoms with Gasteiger partial charge in [0.1, 0.15) is 16.3 Å². The number of hydrogen-bond donors (Lipinski definition) is 7. The molecule has 0 aromatic heterocycles. The lowest BCUT2D eigenvalue weighted by atomic mass is 9.74. The topological polar surface area (TPSA) is 416 Å². The summed E-state index contributed by atoms with van der Waals surface area (Å²) >= 11 is 0. The van der Waals surface area contributed by atoms with Crippen LogP contribution < -0.4 is 4.90 Å². The summed E-state index contributed by atoms with van der Waals surface area (Å²) in [6.45, 7) is 5.29. The number of benzene rings is 4. The zero-order valence-electron chi connectivity index (χ0n) is 46.5. The number of ether oxygens (including phenoxy) is 5. The third-order valence-corrected chi connectivity index (χ3v) is 19.6. The van der Waals surface area contributed by atoms with E-state index in [4.69, 9.17) is 23.7 Å². The molecule has 0 fully saturated rings. The van der Waals surface area contributed by atoms with Gasteiger partial charge in [-0.25, -0.2) is 0 Å². The molecular weight excluding hydrogens is 1240 g/mol. The van der Waals surface area contributed by atoms with Crippen LogP contribution in [0.4, 0.5) is 11.4 Å². The molecule has 27 nitrogen and oxygen atoms in total. The highest BCUT2D eigenvalue weighted by Gasteiger charge is 2.50. The number of rotatable bonds is 35. The molecule has 2 aliphatic rings. The van der Waals surface area contributed by atoms with Gasteiger partial charge in [-0.1, -0.05) is 18.6 Å². The van der Waals surface area contributed by atoms with Crippen molar-refractivity contribution in [1.82, 2.24) is 0 Å². The van der Waals surface area contributed by atoms with E-state index in [-0.39, 0.29) is 123 Å². The largest absolute Gasteiger partial charge is 0.481 e. The number of carboxylic acids is 1. The minimum absolute atomic E-state index is 0.0316. The molecule has 0 bridgehead atoms. The molecule has 6 rings (SSSR count). The fourth-order valence-electron chi connectivity index (χ4n) is 10.9. The molecule has 85 heavy (non-hydrogen) atoms. The Morgan fingerprint density at radius 3 is 1.54 bits per heavy atom. The molecule has 33 heteroatoms. The van der Waals surface area contributed by atoms with Gasteiger partial charge >= 0.3 is 5.97 Å². The number of nitrogens with zero attached hydrogens (tertiary/aromatic N) is 2. The molecule has 0 radical (unpaired) electrons. The molecule has 4 aromatic rings. The molecule has 2 atom stereocenters. The van der Waals surface area contributed by atoms with Crippen LogP contribution in [0.3, 0.4) is 0 Å². The maximum absolute atomic E-state index is 13.0. The van der Waals surface area contributed by atoms with Crippen molar-refractivity contribution in [2.45, 2.75) is 95.6 Å². The van der Waals surface area contributed by atoms with E-state index in [2.05, 4.69) is 0 Å². The third kappa shape index (κ3) is 17.7. The Balaban J connectivity index is 1.57. The molecule has 0 saturated heterocycles. The minimum atomic E-state index is -5.26. The third-order valence-electron chi connectivity index (χ3n) is 14.6. The van der Waals surface area contributed by atoms with Gasteiger partial charge in [-0.2, -0.15) is 55.1 Å². The van der Waals surface area contributed by atoms with E-state index >= 15 is 0 Å². The summed E-state index contributed by atoms with van der Waals surface area (Å²) in [5, 5.41) is 8.82. The lowest BCUT2D eigenvalue weighted by molar-refractivity contribution is -0.437. The average Bonchev–Trinajstić information content (AvgIpc) is 1.67. The number of fused-ring (bicyclic) bond motifs is 6. The maximum Gasteiger partial charge on any atom is 0.303 e.